The minimum atomic E-state index is -0.0833. The number of carbonyl (C=O) groups excluding carboxylic acids is 1. The molecule has 0 rings (SSSR count). The van der Waals surface area contributed by atoms with Crippen LogP contribution in [0.4, 0.5) is 0 Å². The third kappa shape index (κ3) is 42.4. The van der Waals surface area contributed by atoms with Crippen LogP contribution in [0.15, 0.2) is 0 Å². The largest absolute Gasteiger partial charge is 0.340 e. The summed E-state index contributed by atoms with van der Waals surface area (Å²) in [5.41, 5.74) is 0. The number of Topliss-reactive ketones (excluding diaryl/α,β-unsaturated/α-hetero) is 1. The van der Waals surface area contributed by atoms with Crippen molar-refractivity contribution in [3.05, 3.63) is 6.92 Å². The maximum absolute atomic E-state index is 9.33. The van der Waals surface area contributed by atoms with Gasteiger partial charge in [-0.25, -0.2) is 0 Å². The molecular weight excluding hydrogens is 230 g/mol. The predicted molar refractivity (Wildman–Crippen MR) is 16.0 cm³/mol. The summed E-state index contributed by atoms with van der Waals surface area (Å²) in [5.74, 6) is -0.0833. The zero-order valence-corrected chi connectivity index (χ0v) is 9.45. The normalized spacial score (nSPS) is 4.17. The molecule has 1 nitrogen and oxygen atoms in total. The van der Waals surface area contributed by atoms with Crippen molar-refractivity contribution in [2.24, 2.45) is 0 Å². The molecule has 6 heavy (non-hydrogen) atoms. The van der Waals surface area contributed by atoms with E-state index >= 15 is 0 Å². The molecule has 0 fully saturated rings. The molecule has 30 valence electrons. The minimum Gasteiger partial charge on any atom is -0.340 e. The third-order valence-corrected chi connectivity index (χ3v) is 0. The molecule has 0 spiro atoms. The smallest absolute Gasteiger partial charge is 0 e. The molecule has 0 heterocycles. The molecule has 0 aliphatic carbocycles. The zero-order chi connectivity index (χ0) is 3.58. The Morgan fingerprint density at radius 3 is 1.50 bits per heavy atom. The average Bonchev–Trinajstić information content (AvgIpc) is 0.811. The van der Waals surface area contributed by atoms with Crippen LogP contribution in [-0.4, -0.2) is 5.78 Å². The SMILES string of the molecule is [CH2-]C(C)=O.[Y].[Y]. The summed E-state index contributed by atoms with van der Waals surface area (Å²) in [6.45, 7) is 4.42. The van der Waals surface area contributed by atoms with E-state index in [2.05, 4.69) is 6.92 Å². The summed E-state index contributed by atoms with van der Waals surface area (Å²) >= 11 is 0. The van der Waals surface area contributed by atoms with Gasteiger partial charge >= 0.3 is 0 Å². The molecule has 0 N–H and O–H groups in total. The fourth-order valence-electron chi connectivity index (χ4n) is 0. The van der Waals surface area contributed by atoms with Crippen LogP contribution < -0.4 is 0 Å². The van der Waals surface area contributed by atoms with Crippen LogP contribution in [0.25, 0.3) is 0 Å². The van der Waals surface area contributed by atoms with E-state index < -0.39 is 0 Å². The van der Waals surface area contributed by atoms with Crippen molar-refractivity contribution in [2.75, 3.05) is 0 Å². The quantitative estimate of drug-likeness (QED) is 0.555. The van der Waals surface area contributed by atoms with Gasteiger partial charge in [0.05, 0.1) is 0 Å². The Morgan fingerprint density at radius 1 is 1.50 bits per heavy atom. The van der Waals surface area contributed by atoms with E-state index in [1.54, 1.807) is 0 Å². The molecular formula is C3H5OY2-. The average molecular weight is 235 g/mol. The first-order valence-electron chi connectivity index (χ1n) is 1.06. The molecule has 0 aliphatic heterocycles. The van der Waals surface area contributed by atoms with Gasteiger partial charge in [-0.1, -0.05) is 0 Å². The van der Waals surface area contributed by atoms with E-state index in [0.717, 1.165) is 0 Å². The monoisotopic (exact) mass is 235 g/mol. The second-order valence-electron chi connectivity index (χ2n) is 0.702. The van der Waals surface area contributed by atoms with Gasteiger partial charge in [-0.15, -0.1) is 0 Å². The van der Waals surface area contributed by atoms with Gasteiger partial charge in [0.1, 0.15) is 0 Å². The van der Waals surface area contributed by atoms with E-state index in [4.69, 9.17) is 0 Å². The van der Waals surface area contributed by atoms with Crippen LogP contribution in [0.1, 0.15) is 6.92 Å². The Morgan fingerprint density at radius 2 is 1.50 bits per heavy atom. The van der Waals surface area contributed by atoms with Crippen molar-refractivity contribution in [1.29, 1.82) is 0 Å². The molecule has 0 bridgehead atoms. The van der Waals surface area contributed by atoms with E-state index in [-0.39, 0.29) is 71.2 Å². The molecule has 0 saturated carbocycles. The van der Waals surface area contributed by atoms with Gasteiger partial charge in [-0.3, -0.25) is 0 Å². The molecule has 0 unspecified atom stereocenters. The summed E-state index contributed by atoms with van der Waals surface area (Å²) in [5, 5.41) is 0. The number of hydrogen-bond donors (Lipinski definition) is 0. The van der Waals surface area contributed by atoms with Crippen molar-refractivity contribution >= 4 is 5.78 Å². The Balaban J connectivity index is -0.0000000450. The zero-order valence-electron chi connectivity index (χ0n) is 3.77. The van der Waals surface area contributed by atoms with Crippen LogP contribution >= 0.6 is 0 Å². The van der Waals surface area contributed by atoms with Gasteiger partial charge in [-0.2, -0.15) is 0 Å². The Labute approximate surface area is 88.4 Å². The fraction of sp³-hybridized carbons (Fsp3) is 0.333. The Bertz CT molecular complexity index is 31.8. The molecule has 0 saturated heterocycles. The third-order valence-electron chi connectivity index (χ3n) is 0. The van der Waals surface area contributed by atoms with E-state index in [1.807, 2.05) is 0 Å². The first-order chi connectivity index (χ1) is 1.73. The summed E-state index contributed by atoms with van der Waals surface area (Å²) < 4.78 is 0. The van der Waals surface area contributed by atoms with Crippen LogP contribution in [0, 0.1) is 6.92 Å². The van der Waals surface area contributed by atoms with Crippen molar-refractivity contribution in [2.45, 2.75) is 6.92 Å². The van der Waals surface area contributed by atoms with Crippen LogP contribution in [0.5, 0.6) is 0 Å². The maximum atomic E-state index is 9.33. The fourth-order valence-corrected chi connectivity index (χ4v) is 0. The van der Waals surface area contributed by atoms with Gasteiger partial charge in [-0.05, 0) is 12.7 Å². The second kappa shape index (κ2) is 9.89. The molecule has 0 aromatic heterocycles. The van der Waals surface area contributed by atoms with E-state index in [1.165, 1.54) is 6.92 Å². The second-order valence-corrected chi connectivity index (χ2v) is 0.702. The van der Waals surface area contributed by atoms with Crippen molar-refractivity contribution < 1.29 is 70.2 Å². The molecule has 0 aromatic rings. The molecule has 0 aliphatic rings. The summed E-state index contributed by atoms with van der Waals surface area (Å²) in [7, 11) is 0. The predicted octanol–water partition coefficient (Wildman–Crippen LogP) is 0.404. The number of hydrogen-bond acceptors (Lipinski definition) is 1. The van der Waals surface area contributed by atoms with Gasteiger partial charge in [0, 0.05) is 65.4 Å². The van der Waals surface area contributed by atoms with Crippen molar-refractivity contribution in [3.63, 3.8) is 0 Å². The summed E-state index contributed by atoms with van der Waals surface area (Å²) in [6, 6.07) is 0. The molecule has 0 amide bonds. The van der Waals surface area contributed by atoms with Crippen molar-refractivity contribution in [3.8, 4) is 0 Å². The van der Waals surface area contributed by atoms with Crippen LogP contribution in [0.3, 0.4) is 0 Å². The van der Waals surface area contributed by atoms with Gasteiger partial charge in [0.25, 0.3) is 0 Å². The summed E-state index contributed by atoms with van der Waals surface area (Å²) in [6.07, 6.45) is 0. The van der Waals surface area contributed by atoms with Crippen LogP contribution in [-0.2, 0) is 70.2 Å². The Kier molecular flexibility index (Phi) is 25.8. The van der Waals surface area contributed by atoms with Gasteiger partial charge in [0.15, 0.2) is 0 Å². The van der Waals surface area contributed by atoms with E-state index in [9.17, 15) is 4.79 Å². The number of rotatable bonds is 0. The van der Waals surface area contributed by atoms with E-state index in [0.29, 0.717) is 0 Å². The van der Waals surface area contributed by atoms with Crippen LogP contribution in [0.2, 0.25) is 0 Å². The summed E-state index contributed by atoms with van der Waals surface area (Å²) in [4.78, 5) is 9.33. The van der Waals surface area contributed by atoms with Gasteiger partial charge < -0.3 is 11.7 Å². The standard InChI is InChI=1S/C3H5O.2Y/c1-3(2)4;;/h1H2,2H3;;/q-1;;. The number of ketones is 1. The number of carbonyl (C=O) groups is 1. The van der Waals surface area contributed by atoms with Gasteiger partial charge in [0.2, 0.25) is 0 Å². The first kappa shape index (κ1) is 15.7. The van der Waals surface area contributed by atoms with Crippen molar-refractivity contribution in [1.82, 2.24) is 0 Å². The Hall–Kier alpha value is 1.75. The molecule has 0 atom stereocenters. The molecule has 3 heteroatoms. The minimum absolute atomic E-state index is 0. The first-order valence-corrected chi connectivity index (χ1v) is 1.06. The molecule has 0 aromatic carbocycles. The topological polar surface area (TPSA) is 17.1 Å². The molecule has 2 radical (unpaired) electrons. The maximum Gasteiger partial charge on any atom is 0 e.